The molecule has 0 aliphatic rings. The number of fused-ring (bicyclic) bond motifs is 2. The molecule has 0 amide bonds. The van der Waals surface area contributed by atoms with Gasteiger partial charge in [0.05, 0.1) is 40.4 Å². The Morgan fingerprint density at radius 2 is 1.27 bits per heavy atom. The monoisotopic (exact) mass is 387 g/mol. The predicted molar refractivity (Wildman–Crippen MR) is 106 cm³/mol. The van der Waals surface area contributed by atoms with Crippen molar-refractivity contribution in [1.82, 2.24) is 14.0 Å². The predicted octanol–water partition coefficient (Wildman–Crippen LogP) is 2.35. The van der Waals surface area contributed by atoms with E-state index in [0.29, 0.717) is 19.9 Å². The van der Waals surface area contributed by atoms with Crippen LogP contribution in [-0.2, 0) is 13.3 Å². The second kappa shape index (κ2) is 7.16. The molecule has 0 saturated heterocycles. The Bertz CT molecular complexity index is 1080. The quantitative estimate of drug-likeness (QED) is 0.551. The van der Waals surface area contributed by atoms with Crippen LogP contribution < -0.4 is 9.75 Å². The number of aromatic nitrogens is 2. The number of nitrogens with zero attached hydrogens (tertiary/aromatic N) is 3. The molecule has 8 heteroatoms. The van der Waals surface area contributed by atoms with E-state index in [9.17, 15) is 14.7 Å². The van der Waals surface area contributed by atoms with Crippen molar-refractivity contribution in [3.63, 3.8) is 0 Å². The molecule has 2 aromatic heterocycles. The van der Waals surface area contributed by atoms with E-state index < -0.39 is 0 Å². The van der Waals surface area contributed by atoms with Crippen LogP contribution in [0.4, 0.5) is 0 Å². The summed E-state index contributed by atoms with van der Waals surface area (Å²) < 4.78 is 5.24. The van der Waals surface area contributed by atoms with Gasteiger partial charge in [-0.15, -0.1) is 0 Å². The van der Waals surface area contributed by atoms with Crippen LogP contribution in [0.1, 0.15) is 0 Å². The van der Waals surface area contributed by atoms with Gasteiger partial charge < -0.3 is 5.11 Å². The van der Waals surface area contributed by atoms with Gasteiger partial charge in [-0.25, -0.2) is 0 Å². The summed E-state index contributed by atoms with van der Waals surface area (Å²) in [6.45, 7) is 0.959. The molecule has 2 aromatic carbocycles. The molecule has 4 rings (SSSR count). The average molecular weight is 387 g/mol. The van der Waals surface area contributed by atoms with Gasteiger partial charge in [0, 0.05) is 6.54 Å². The van der Waals surface area contributed by atoms with Crippen LogP contribution in [0.15, 0.2) is 58.1 Å². The van der Waals surface area contributed by atoms with Gasteiger partial charge in [-0.05, 0) is 24.3 Å². The van der Waals surface area contributed by atoms with Crippen LogP contribution >= 0.6 is 22.7 Å². The number of aliphatic hydroxyl groups excluding tert-OH is 1. The minimum atomic E-state index is -0.0480. The van der Waals surface area contributed by atoms with Crippen LogP contribution in [0.3, 0.4) is 0 Å². The SMILES string of the molecule is O=c1sc2ccccc2n1CN(CCO)Cn1c(=O)sc2ccccc21. The molecule has 26 heavy (non-hydrogen) atoms. The number of benzene rings is 2. The van der Waals surface area contributed by atoms with Crippen molar-refractivity contribution in [1.29, 1.82) is 0 Å². The zero-order valence-electron chi connectivity index (χ0n) is 13.9. The molecule has 0 aliphatic heterocycles. The smallest absolute Gasteiger partial charge is 0.309 e. The molecule has 0 unspecified atom stereocenters. The molecule has 0 bridgehead atoms. The zero-order chi connectivity index (χ0) is 18.1. The molecule has 134 valence electrons. The van der Waals surface area contributed by atoms with E-state index in [1.807, 2.05) is 53.4 Å². The van der Waals surface area contributed by atoms with Crippen molar-refractivity contribution in [2.24, 2.45) is 0 Å². The molecule has 0 radical (unpaired) electrons. The standard InChI is InChI=1S/C18H17N3O3S2/c22-10-9-19(11-20-13-5-1-3-7-15(13)25-17(20)23)12-21-14-6-2-4-8-16(14)26-18(21)24/h1-8,22H,9-12H2. The fourth-order valence-corrected chi connectivity index (χ4v) is 4.79. The van der Waals surface area contributed by atoms with Gasteiger partial charge in [-0.1, -0.05) is 46.9 Å². The molecule has 6 nitrogen and oxygen atoms in total. The highest BCUT2D eigenvalue weighted by Crippen LogP contribution is 2.19. The largest absolute Gasteiger partial charge is 0.395 e. The van der Waals surface area contributed by atoms with Crippen LogP contribution in [0.5, 0.6) is 0 Å². The highest BCUT2D eigenvalue weighted by Gasteiger charge is 2.15. The lowest BCUT2D eigenvalue weighted by Crippen LogP contribution is -2.36. The maximum Gasteiger partial charge on any atom is 0.309 e. The summed E-state index contributed by atoms with van der Waals surface area (Å²) in [6.07, 6.45) is 0. The van der Waals surface area contributed by atoms with E-state index in [-0.39, 0.29) is 16.4 Å². The van der Waals surface area contributed by atoms with Crippen molar-refractivity contribution < 1.29 is 5.11 Å². The van der Waals surface area contributed by atoms with Crippen LogP contribution in [0.25, 0.3) is 20.4 Å². The molecular weight excluding hydrogens is 370 g/mol. The third kappa shape index (κ3) is 3.12. The summed E-state index contributed by atoms with van der Waals surface area (Å²) in [4.78, 5) is 26.6. The highest BCUT2D eigenvalue weighted by atomic mass is 32.1. The first-order chi connectivity index (χ1) is 12.7. The molecule has 1 N–H and O–H groups in total. The molecule has 0 fully saturated rings. The zero-order valence-corrected chi connectivity index (χ0v) is 15.5. The summed E-state index contributed by atoms with van der Waals surface area (Å²) in [5, 5.41) is 9.45. The van der Waals surface area contributed by atoms with Gasteiger partial charge in [0.1, 0.15) is 0 Å². The summed E-state index contributed by atoms with van der Waals surface area (Å²) in [7, 11) is 0. The van der Waals surface area contributed by atoms with E-state index in [0.717, 1.165) is 20.4 Å². The number of para-hydroxylation sites is 2. The molecular formula is C18H17N3O3S2. The molecule has 2 heterocycles. The van der Waals surface area contributed by atoms with Crippen LogP contribution in [0, 0.1) is 0 Å². The molecule has 0 aliphatic carbocycles. The number of rotatable bonds is 6. The molecule has 0 saturated carbocycles. The number of thiazole rings is 2. The maximum atomic E-state index is 12.4. The first-order valence-electron chi connectivity index (χ1n) is 8.17. The van der Waals surface area contributed by atoms with E-state index >= 15 is 0 Å². The number of aliphatic hydroxyl groups is 1. The van der Waals surface area contributed by atoms with Gasteiger partial charge in [0.15, 0.2) is 0 Å². The van der Waals surface area contributed by atoms with Crippen molar-refractivity contribution in [2.75, 3.05) is 13.2 Å². The molecule has 0 atom stereocenters. The average Bonchev–Trinajstić information content (AvgIpc) is 3.12. The molecule has 0 spiro atoms. The Morgan fingerprint density at radius 3 is 1.73 bits per heavy atom. The second-order valence-electron chi connectivity index (χ2n) is 5.93. The topological polar surface area (TPSA) is 67.5 Å². The summed E-state index contributed by atoms with van der Waals surface area (Å²) >= 11 is 2.41. The number of hydrogen-bond acceptors (Lipinski definition) is 6. The Balaban J connectivity index is 1.70. The van der Waals surface area contributed by atoms with E-state index in [2.05, 4.69) is 0 Å². The van der Waals surface area contributed by atoms with Crippen molar-refractivity contribution >= 4 is 43.1 Å². The molecule has 4 aromatic rings. The van der Waals surface area contributed by atoms with Gasteiger partial charge in [-0.3, -0.25) is 23.6 Å². The van der Waals surface area contributed by atoms with Crippen molar-refractivity contribution in [3.8, 4) is 0 Å². The minimum Gasteiger partial charge on any atom is -0.395 e. The Labute approximate surface area is 156 Å². The minimum absolute atomic E-state index is 0.0448. The summed E-state index contributed by atoms with van der Waals surface area (Å²) in [6, 6.07) is 15.3. The van der Waals surface area contributed by atoms with Gasteiger partial charge in [0.25, 0.3) is 0 Å². The fourth-order valence-electron chi connectivity index (χ4n) is 3.02. The van der Waals surface area contributed by atoms with Gasteiger partial charge in [0.2, 0.25) is 0 Å². The number of hydrogen-bond donors (Lipinski definition) is 1. The van der Waals surface area contributed by atoms with E-state index in [1.165, 1.54) is 22.7 Å². The third-order valence-electron chi connectivity index (χ3n) is 4.25. The van der Waals surface area contributed by atoms with Crippen molar-refractivity contribution in [3.05, 3.63) is 67.9 Å². The highest BCUT2D eigenvalue weighted by molar-refractivity contribution is 7.16. The Kier molecular flexibility index (Phi) is 4.73. The van der Waals surface area contributed by atoms with Crippen LogP contribution in [-0.4, -0.2) is 32.3 Å². The van der Waals surface area contributed by atoms with E-state index in [1.54, 1.807) is 9.13 Å². The second-order valence-corrected chi connectivity index (χ2v) is 7.91. The Hall–Kier alpha value is -2.26. The lowest BCUT2D eigenvalue weighted by Gasteiger charge is -2.22. The maximum absolute atomic E-state index is 12.4. The van der Waals surface area contributed by atoms with Crippen molar-refractivity contribution in [2.45, 2.75) is 13.3 Å². The third-order valence-corrected chi connectivity index (χ3v) is 6.17. The normalized spacial score (nSPS) is 11.8. The fraction of sp³-hybridized carbons (Fsp3) is 0.222. The lowest BCUT2D eigenvalue weighted by molar-refractivity contribution is 0.133. The van der Waals surface area contributed by atoms with Gasteiger partial charge >= 0.3 is 9.75 Å². The summed E-state index contributed by atoms with van der Waals surface area (Å²) in [5.41, 5.74) is 1.74. The van der Waals surface area contributed by atoms with Gasteiger partial charge in [-0.2, -0.15) is 0 Å². The Morgan fingerprint density at radius 1 is 0.808 bits per heavy atom. The first-order valence-corrected chi connectivity index (χ1v) is 9.80. The first kappa shape index (κ1) is 17.2. The summed E-state index contributed by atoms with van der Waals surface area (Å²) in [5.74, 6) is 0. The lowest BCUT2D eigenvalue weighted by atomic mass is 10.3. The van der Waals surface area contributed by atoms with E-state index in [4.69, 9.17) is 0 Å². The van der Waals surface area contributed by atoms with Crippen LogP contribution in [0.2, 0.25) is 0 Å².